The van der Waals surface area contributed by atoms with Crippen LogP contribution in [0.2, 0.25) is 0 Å². The van der Waals surface area contributed by atoms with E-state index in [4.69, 9.17) is 4.74 Å². The minimum atomic E-state index is -1.27. The Morgan fingerprint density at radius 1 is 1.03 bits per heavy atom. The van der Waals surface area contributed by atoms with Crippen molar-refractivity contribution in [1.29, 1.82) is 0 Å². The van der Waals surface area contributed by atoms with Crippen LogP contribution in [-0.4, -0.2) is 30.4 Å². The van der Waals surface area contributed by atoms with E-state index < -0.39 is 17.8 Å². The van der Waals surface area contributed by atoms with Gasteiger partial charge in [-0.05, 0) is 49.8 Å². The van der Waals surface area contributed by atoms with E-state index in [0.717, 1.165) is 0 Å². The van der Waals surface area contributed by atoms with Crippen LogP contribution < -0.4 is 20.5 Å². The van der Waals surface area contributed by atoms with Crippen LogP contribution in [0.1, 0.15) is 36.2 Å². The van der Waals surface area contributed by atoms with Gasteiger partial charge in [-0.1, -0.05) is 30.3 Å². The molecule has 0 spiro atoms. The standard InChI is InChI=1S/C22H24N2O5/c1-15(2)29-18-10-8-16(9-11-18)14-19(22(28)23-13-12-20(25)26)24-21(27)17-6-4-3-5-7-17/h3-11,14-15H,12-13H2,1-2H3,(H,23,28)(H,24,27)(H,25,26)/p-1/b19-14-. The monoisotopic (exact) mass is 395 g/mol. The molecular weight excluding hydrogens is 372 g/mol. The molecule has 0 aliphatic heterocycles. The summed E-state index contributed by atoms with van der Waals surface area (Å²) in [6.45, 7) is 3.73. The number of benzene rings is 2. The second-order valence-corrected chi connectivity index (χ2v) is 6.49. The number of carboxylic acids is 1. The molecule has 0 radical (unpaired) electrons. The smallest absolute Gasteiger partial charge is 0.267 e. The van der Waals surface area contributed by atoms with Crippen LogP contribution in [0.5, 0.6) is 5.75 Å². The summed E-state index contributed by atoms with van der Waals surface area (Å²) in [7, 11) is 0. The van der Waals surface area contributed by atoms with E-state index in [1.54, 1.807) is 54.6 Å². The Kier molecular flexibility index (Phi) is 7.97. The summed E-state index contributed by atoms with van der Waals surface area (Å²) in [5.74, 6) is -1.64. The zero-order valence-corrected chi connectivity index (χ0v) is 16.3. The fourth-order valence-corrected chi connectivity index (χ4v) is 2.40. The third-order valence-corrected chi connectivity index (χ3v) is 3.71. The number of carbonyl (C=O) groups is 3. The molecule has 29 heavy (non-hydrogen) atoms. The van der Waals surface area contributed by atoms with E-state index in [1.165, 1.54) is 6.08 Å². The Balaban J connectivity index is 2.20. The van der Waals surface area contributed by atoms with Crippen LogP contribution in [0.25, 0.3) is 6.08 Å². The van der Waals surface area contributed by atoms with Crippen molar-refractivity contribution in [3.8, 4) is 5.75 Å². The summed E-state index contributed by atoms with van der Waals surface area (Å²) in [6.07, 6.45) is 1.22. The fraction of sp³-hybridized carbons (Fsp3) is 0.227. The van der Waals surface area contributed by atoms with Gasteiger partial charge in [-0.3, -0.25) is 9.59 Å². The first kappa shape index (κ1) is 21.7. The lowest BCUT2D eigenvalue weighted by molar-refractivity contribution is -0.305. The average Bonchev–Trinajstić information content (AvgIpc) is 2.68. The molecule has 2 aromatic rings. The predicted molar refractivity (Wildman–Crippen MR) is 107 cm³/mol. The van der Waals surface area contributed by atoms with Gasteiger partial charge < -0.3 is 25.3 Å². The lowest BCUT2D eigenvalue weighted by Crippen LogP contribution is -2.37. The third kappa shape index (κ3) is 7.50. The van der Waals surface area contributed by atoms with Gasteiger partial charge in [-0.15, -0.1) is 0 Å². The van der Waals surface area contributed by atoms with E-state index in [9.17, 15) is 19.5 Å². The number of amides is 2. The first-order valence-electron chi connectivity index (χ1n) is 9.18. The highest BCUT2D eigenvalue weighted by Gasteiger charge is 2.14. The molecule has 0 bridgehead atoms. The van der Waals surface area contributed by atoms with Gasteiger partial charge in [0.2, 0.25) is 0 Å². The van der Waals surface area contributed by atoms with Crippen molar-refractivity contribution in [2.45, 2.75) is 26.4 Å². The largest absolute Gasteiger partial charge is 0.550 e. The molecule has 2 amide bonds. The zero-order chi connectivity index (χ0) is 21.2. The van der Waals surface area contributed by atoms with Gasteiger partial charge in [-0.2, -0.15) is 0 Å². The van der Waals surface area contributed by atoms with Crippen LogP contribution in [0, 0.1) is 0 Å². The molecule has 2 aromatic carbocycles. The van der Waals surface area contributed by atoms with E-state index in [-0.39, 0.29) is 24.8 Å². The maximum absolute atomic E-state index is 12.5. The minimum Gasteiger partial charge on any atom is -0.550 e. The van der Waals surface area contributed by atoms with E-state index in [1.807, 2.05) is 13.8 Å². The normalized spacial score (nSPS) is 11.1. The van der Waals surface area contributed by atoms with Crippen molar-refractivity contribution in [3.05, 3.63) is 71.4 Å². The molecule has 0 aromatic heterocycles. The molecule has 0 saturated carbocycles. The SMILES string of the molecule is CC(C)Oc1ccc(/C=C(\NC(=O)c2ccccc2)C(=O)NCCC(=O)[O-])cc1. The van der Waals surface area contributed by atoms with Crippen LogP contribution in [0.4, 0.5) is 0 Å². The van der Waals surface area contributed by atoms with Gasteiger partial charge in [0.05, 0.1) is 6.10 Å². The van der Waals surface area contributed by atoms with Crippen molar-refractivity contribution in [1.82, 2.24) is 10.6 Å². The number of carbonyl (C=O) groups excluding carboxylic acids is 3. The Hall–Kier alpha value is -3.61. The second-order valence-electron chi connectivity index (χ2n) is 6.49. The number of ether oxygens (including phenoxy) is 1. The van der Waals surface area contributed by atoms with Crippen LogP contribution in [0.15, 0.2) is 60.3 Å². The van der Waals surface area contributed by atoms with Gasteiger partial charge in [0.15, 0.2) is 0 Å². The lowest BCUT2D eigenvalue weighted by Gasteiger charge is -2.12. The Morgan fingerprint density at radius 2 is 1.69 bits per heavy atom. The summed E-state index contributed by atoms with van der Waals surface area (Å²) in [6, 6.07) is 15.5. The Morgan fingerprint density at radius 3 is 2.28 bits per heavy atom. The summed E-state index contributed by atoms with van der Waals surface area (Å²) < 4.78 is 5.59. The average molecular weight is 395 g/mol. The molecule has 0 fully saturated rings. The first-order chi connectivity index (χ1) is 13.8. The maximum atomic E-state index is 12.5. The molecule has 2 rings (SSSR count). The molecule has 7 nitrogen and oxygen atoms in total. The summed E-state index contributed by atoms with van der Waals surface area (Å²) in [5.41, 5.74) is 1.05. The quantitative estimate of drug-likeness (QED) is 0.626. The summed E-state index contributed by atoms with van der Waals surface area (Å²) in [5, 5.41) is 15.6. The lowest BCUT2D eigenvalue weighted by atomic mass is 10.1. The molecule has 0 unspecified atom stereocenters. The summed E-state index contributed by atoms with van der Waals surface area (Å²) >= 11 is 0. The third-order valence-electron chi connectivity index (χ3n) is 3.71. The minimum absolute atomic E-state index is 0.00488. The molecule has 0 atom stereocenters. The highest BCUT2D eigenvalue weighted by molar-refractivity contribution is 6.05. The van der Waals surface area contributed by atoms with E-state index >= 15 is 0 Å². The van der Waals surface area contributed by atoms with Crippen molar-refractivity contribution in [2.24, 2.45) is 0 Å². The predicted octanol–water partition coefficient (Wildman–Crippen LogP) is 1.50. The Bertz CT molecular complexity index is 874. The molecule has 7 heteroatoms. The second kappa shape index (κ2) is 10.7. The molecular formula is C22H23N2O5-. The Labute approximate surface area is 169 Å². The van der Waals surface area contributed by atoms with E-state index in [0.29, 0.717) is 16.9 Å². The molecule has 0 aliphatic rings. The van der Waals surface area contributed by atoms with E-state index in [2.05, 4.69) is 10.6 Å². The van der Waals surface area contributed by atoms with Crippen molar-refractivity contribution in [3.63, 3.8) is 0 Å². The van der Waals surface area contributed by atoms with Gasteiger partial charge in [-0.25, -0.2) is 0 Å². The van der Waals surface area contributed by atoms with Crippen LogP contribution in [0.3, 0.4) is 0 Å². The topological polar surface area (TPSA) is 108 Å². The first-order valence-corrected chi connectivity index (χ1v) is 9.18. The zero-order valence-electron chi connectivity index (χ0n) is 16.3. The number of hydrogen-bond acceptors (Lipinski definition) is 5. The molecule has 0 aliphatic carbocycles. The van der Waals surface area contributed by atoms with Crippen LogP contribution >= 0.6 is 0 Å². The number of rotatable bonds is 9. The van der Waals surface area contributed by atoms with Crippen molar-refractivity contribution < 1.29 is 24.2 Å². The van der Waals surface area contributed by atoms with Crippen molar-refractivity contribution in [2.75, 3.05) is 6.54 Å². The fourth-order valence-electron chi connectivity index (χ4n) is 2.40. The number of carboxylic acid groups (broad SMARTS) is 1. The highest BCUT2D eigenvalue weighted by Crippen LogP contribution is 2.16. The maximum Gasteiger partial charge on any atom is 0.267 e. The van der Waals surface area contributed by atoms with Gasteiger partial charge in [0.1, 0.15) is 11.4 Å². The molecule has 2 N–H and O–H groups in total. The number of hydrogen-bond donors (Lipinski definition) is 2. The summed E-state index contributed by atoms with van der Waals surface area (Å²) in [4.78, 5) is 35.5. The molecule has 152 valence electrons. The molecule has 0 heterocycles. The molecule has 0 saturated heterocycles. The number of aliphatic carboxylic acids is 1. The highest BCUT2D eigenvalue weighted by atomic mass is 16.5. The van der Waals surface area contributed by atoms with Gasteiger partial charge in [0.25, 0.3) is 11.8 Å². The van der Waals surface area contributed by atoms with Gasteiger partial charge in [0, 0.05) is 24.5 Å². The van der Waals surface area contributed by atoms with Crippen LogP contribution in [-0.2, 0) is 9.59 Å². The van der Waals surface area contributed by atoms with Crippen molar-refractivity contribution >= 4 is 23.9 Å². The van der Waals surface area contributed by atoms with Gasteiger partial charge >= 0.3 is 0 Å². The number of nitrogens with one attached hydrogen (secondary N) is 2.